The maximum atomic E-state index is 13.9. The molecule has 1 aliphatic heterocycles. The van der Waals surface area contributed by atoms with E-state index in [1.54, 1.807) is 24.3 Å². The topological polar surface area (TPSA) is 50.5 Å². The number of aryl methyl sites for hydroxylation is 2. The van der Waals surface area contributed by atoms with Crippen molar-refractivity contribution in [2.75, 3.05) is 11.4 Å². The van der Waals surface area contributed by atoms with Gasteiger partial charge in [0.05, 0.1) is 5.69 Å². The molecule has 0 unspecified atom stereocenters. The number of rotatable bonds is 2. The fourth-order valence-corrected chi connectivity index (χ4v) is 4.32. The van der Waals surface area contributed by atoms with Gasteiger partial charge in [0.15, 0.2) is 17.0 Å². The predicted octanol–water partition coefficient (Wildman–Crippen LogP) is 5.97. The first-order valence-corrected chi connectivity index (χ1v) is 10.7. The number of hydrogen-bond donors (Lipinski definition) is 0. The molecule has 168 valence electrons. The molecular formula is C24H18ClF3N4O. The molecule has 0 fully saturated rings. The van der Waals surface area contributed by atoms with E-state index in [1.807, 2.05) is 31.2 Å². The lowest BCUT2D eigenvalue weighted by atomic mass is 10.0. The Labute approximate surface area is 192 Å². The van der Waals surface area contributed by atoms with Crippen LogP contribution >= 0.6 is 11.6 Å². The van der Waals surface area contributed by atoms with Crippen LogP contribution in [0.2, 0.25) is 5.02 Å². The van der Waals surface area contributed by atoms with E-state index in [2.05, 4.69) is 10.1 Å². The average Bonchev–Trinajstić information content (AvgIpc) is 3.14. The first-order chi connectivity index (χ1) is 15.7. The van der Waals surface area contributed by atoms with Crippen molar-refractivity contribution in [3.63, 3.8) is 0 Å². The monoisotopic (exact) mass is 470 g/mol. The number of fused-ring (bicyclic) bond motifs is 2. The third kappa shape index (κ3) is 3.74. The molecule has 5 nitrogen and oxygen atoms in total. The summed E-state index contributed by atoms with van der Waals surface area (Å²) in [6.45, 7) is 2.31. The number of amides is 1. The summed E-state index contributed by atoms with van der Waals surface area (Å²) in [7, 11) is 0. The van der Waals surface area contributed by atoms with Crippen molar-refractivity contribution in [1.29, 1.82) is 0 Å². The SMILES string of the molecule is Cc1ccc(-c2cc(C(F)(F)F)n3nc(C(=O)N4CCCc5ccccc54)c(Cl)c3n2)cc1. The zero-order valence-corrected chi connectivity index (χ0v) is 18.3. The van der Waals surface area contributed by atoms with E-state index in [-0.39, 0.29) is 22.1 Å². The van der Waals surface area contributed by atoms with Crippen LogP contribution in [0.5, 0.6) is 0 Å². The molecule has 5 rings (SSSR count). The first kappa shape index (κ1) is 21.5. The van der Waals surface area contributed by atoms with E-state index in [0.29, 0.717) is 22.3 Å². The molecule has 1 amide bonds. The number of alkyl halides is 3. The molecule has 4 aromatic rings. The number of para-hydroxylation sites is 1. The van der Waals surface area contributed by atoms with E-state index in [9.17, 15) is 18.0 Å². The molecule has 33 heavy (non-hydrogen) atoms. The Balaban J connectivity index is 1.67. The van der Waals surface area contributed by atoms with Crippen LogP contribution in [0.1, 0.15) is 33.7 Å². The summed E-state index contributed by atoms with van der Waals surface area (Å²) >= 11 is 6.44. The standard InChI is InChI=1S/C24H18ClF3N4O/c1-14-8-10-15(11-9-14)17-13-19(24(26,27)28)32-22(29-17)20(25)21(30-32)23(33)31-12-4-6-16-5-2-3-7-18(16)31/h2-3,5,7-11,13H,4,6,12H2,1H3. The summed E-state index contributed by atoms with van der Waals surface area (Å²) in [6.07, 6.45) is -3.18. The quantitative estimate of drug-likeness (QED) is 0.362. The second-order valence-corrected chi connectivity index (χ2v) is 8.36. The van der Waals surface area contributed by atoms with Gasteiger partial charge in [0.25, 0.3) is 5.91 Å². The number of aromatic nitrogens is 3. The van der Waals surface area contributed by atoms with Gasteiger partial charge < -0.3 is 4.90 Å². The number of nitrogens with zero attached hydrogens (tertiary/aromatic N) is 4. The Morgan fingerprint density at radius 2 is 1.82 bits per heavy atom. The molecule has 2 aromatic carbocycles. The van der Waals surface area contributed by atoms with Crippen molar-refractivity contribution in [3.05, 3.63) is 82.1 Å². The summed E-state index contributed by atoms with van der Waals surface area (Å²) in [5.74, 6) is -0.553. The second kappa shape index (κ2) is 7.88. The van der Waals surface area contributed by atoms with Crippen LogP contribution < -0.4 is 4.90 Å². The van der Waals surface area contributed by atoms with Crippen molar-refractivity contribution < 1.29 is 18.0 Å². The van der Waals surface area contributed by atoms with Gasteiger partial charge >= 0.3 is 6.18 Å². The molecule has 2 aromatic heterocycles. The Kier molecular flexibility index (Phi) is 5.12. The molecule has 0 radical (unpaired) electrons. The number of benzene rings is 2. The lowest BCUT2D eigenvalue weighted by Crippen LogP contribution is -2.35. The van der Waals surface area contributed by atoms with Crippen LogP contribution in [0.3, 0.4) is 0 Å². The van der Waals surface area contributed by atoms with Crippen LogP contribution in [0.25, 0.3) is 16.9 Å². The number of halogens is 4. The predicted molar refractivity (Wildman–Crippen MR) is 120 cm³/mol. The van der Waals surface area contributed by atoms with Crippen molar-refractivity contribution in [2.45, 2.75) is 25.9 Å². The van der Waals surface area contributed by atoms with E-state index in [4.69, 9.17) is 11.6 Å². The second-order valence-electron chi connectivity index (χ2n) is 7.98. The number of carbonyl (C=O) groups is 1. The molecule has 0 spiro atoms. The third-order valence-corrected chi connectivity index (χ3v) is 6.08. The Hall–Kier alpha value is -3.39. The van der Waals surface area contributed by atoms with Gasteiger partial charge in [-0.25, -0.2) is 9.50 Å². The van der Waals surface area contributed by atoms with E-state index < -0.39 is 17.8 Å². The summed E-state index contributed by atoms with van der Waals surface area (Å²) in [5, 5.41) is 3.78. The Bertz CT molecular complexity index is 1380. The number of carbonyl (C=O) groups excluding carboxylic acids is 1. The zero-order chi connectivity index (χ0) is 23.3. The van der Waals surface area contributed by atoms with Gasteiger partial charge in [0.1, 0.15) is 5.02 Å². The zero-order valence-electron chi connectivity index (χ0n) is 17.5. The lowest BCUT2D eigenvalue weighted by molar-refractivity contribution is -0.142. The molecule has 9 heteroatoms. The van der Waals surface area contributed by atoms with Gasteiger partial charge in [-0.2, -0.15) is 18.3 Å². The minimum absolute atomic E-state index is 0.0962. The van der Waals surface area contributed by atoms with Crippen LogP contribution in [-0.4, -0.2) is 27.0 Å². The minimum atomic E-state index is -4.73. The molecule has 0 N–H and O–H groups in total. The van der Waals surface area contributed by atoms with Crippen molar-refractivity contribution in [2.24, 2.45) is 0 Å². The fourth-order valence-electron chi connectivity index (χ4n) is 4.07. The Morgan fingerprint density at radius 1 is 1.09 bits per heavy atom. The highest BCUT2D eigenvalue weighted by atomic mass is 35.5. The largest absolute Gasteiger partial charge is 0.433 e. The summed E-state index contributed by atoms with van der Waals surface area (Å²) in [5.41, 5.74) is 1.75. The summed E-state index contributed by atoms with van der Waals surface area (Å²) in [6, 6.07) is 15.3. The normalized spacial score (nSPS) is 13.9. The molecule has 3 heterocycles. The van der Waals surface area contributed by atoms with Crippen molar-refractivity contribution in [1.82, 2.24) is 14.6 Å². The van der Waals surface area contributed by atoms with Crippen molar-refractivity contribution in [3.8, 4) is 11.3 Å². The average molecular weight is 471 g/mol. The first-order valence-electron chi connectivity index (χ1n) is 10.4. The molecule has 0 saturated carbocycles. The number of hydrogen-bond acceptors (Lipinski definition) is 3. The lowest BCUT2D eigenvalue weighted by Gasteiger charge is -2.28. The molecule has 0 saturated heterocycles. The number of anilines is 1. The van der Waals surface area contributed by atoms with E-state index >= 15 is 0 Å². The minimum Gasteiger partial charge on any atom is -0.307 e. The fraction of sp³-hybridized carbons (Fsp3) is 0.208. The smallest absolute Gasteiger partial charge is 0.307 e. The van der Waals surface area contributed by atoms with Crippen LogP contribution in [0.15, 0.2) is 54.6 Å². The molecular weight excluding hydrogens is 453 g/mol. The summed E-state index contributed by atoms with van der Waals surface area (Å²) in [4.78, 5) is 19.2. The van der Waals surface area contributed by atoms with E-state index in [0.717, 1.165) is 30.0 Å². The highest BCUT2D eigenvalue weighted by Gasteiger charge is 2.37. The van der Waals surface area contributed by atoms with Gasteiger partial charge in [-0.3, -0.25) is 4.79 Å². The van der Waals surface area contributed by atoms with E-state index in [1.165, 1.54) is 4.90 Å². The highest BCUT2D eigenvalue weighted by Crippen LogP contribution is 2.36. The highest BCUT2D eigenvalue weighted by molar-refractivity contribution is 6.37. The summed E-state index contributed by atoms with van der Waals surface area (Å²) < 4.78 is 42.4. The third-order valence-electron chi connectivity index (χ3n) is 5.73. The maximum absolute atomic E-state index is 13.9. The Morgan fingerprint density at radius 3 is 2.55 bits per heavy atom. The van der Waals surface area contributed by atoms with Gasteiger partial charge in [0.2, 0.25) is 0 Å². The molecule has 0 atom stereocenters. The molecule has 0 bridgehead atoms. The van der Waals surface area contributed by atoms with Gasteiger partial charge in [-0.05, 0) is 37.5 Å². The van der Waals surface area contributed by atoms with Gasteiger partial charge in [0, 0.05) is 17.8 Å². The van der Waals surface area contributed by atoms with Crippen LogP contribution in [0.4, 0.5) is 18.9 Å². The van der Waals surface area contributed by atoms with Crippen molar-refractivity contribution >= 4 is 28.8 Å². The van der Waals surface area contributed by atoms with Crippen LogP contribution in [0, 0.1) is 6.92 Å². The van der Waals surface area contributed by atoms with Crippen LogP contribution in [-0.2, 0) is 12.6 Å². The van der Waals surface area contributed by atoms with Gasteiger partial charge in [-0.1, -0.05) is 59.6 Å². The van der Waals surface area contributed by atoms with Gasteiger partial charge in [-0.15, -0.1) is 0 Å². The molecule has 1 aliphatic rings. The molecule has 0 aliphatic carbocycles. The maximum Gasteiger partial charge on any atom is 0.433 e.